The molecule has 0 aliphatic carbocycles. The minimum Gasteiger partial charge on any atom is -0.463 e. The predicted octanol–water partition coefficient (Wildman–Crippen LogP) is 0.438. The second kappa shape index (κ2) is 4.93. The number of rotatable bonds is 4. The van der Waals surface area contributed by atoms with Gasteiger partial charge in [-0.3, -0.25) is 0 Å². The number of ether oxygens (including phenoxy) is 3. The third-order valence-electron chi connectivity index (χ3n) is 1.92. The first kappa shape index (κ1) is 11.7. The smallest absolute Gasteiger partial charge is 0.354 e. The minimum absolute atomic E-state index is 0.192. The average molecular weight is 214 g/mol. The van der Waals surface area contributed by atoms with Crippen molar-refractivity contribution < 1.29 is 23.8 Å². The molecule has 0 saturated heterocycles. The van der Waals surface area contributed by atoms with Crippen molar-refractivity contribution in [1.29, 1.82) is 0 Å². The molecule has 0 atom stereocenters. The molecule has 1 heterocycles. The zero-order valence-corrected chi connectivity index (χ0v) is 8.82. The lowest BCUT2D eigenvalue weighted by Crippen LogP contribution is -2.47. The van der Waals surface area contributed by atoms with Gasteiger partial charge in [-0.1, -0.05) is 6.08 Å². The molecule has 0 aromatic rings. The topological polar surface area (TPSA) is 61.8 Å². The molecule has 0 aromatic heterocycles. The van der Waals surface area contributed by atoms with Crippen molar-refractivity contribution in [3.05, 3.63) is 12.2 Å². The maximum absolute atomic E-state index is 11.6. The van der Waals surface area contributed by atoms with Crippen LogP contribution in [0.25, 0.3) is 0 Å². The van der Waals surface area contributed by atoms with Crippen molar-refractivity contribution in [3.63, 3.8) is 0 Å². The van der Waals surface area contributed by atoms with Gasteiger partial charge in [0, 0.05) is 0 Å². The number of hydrogen-bond donors (Lipinski definition) is 0. The van der Waals surface area contributed by atoms with E-state index in [4.69, 9.17) is 14.2 Å². The van der Waals surface area contributed by atoms with Gasteiger partial charge in [0.1, 0.15) is 0 Å². The fraction of sp³-hybridized carbons (Fsp3) is 0.600. The molecule has 1 aliphatic rings. The van der Waals surface area contributed by atoms with Crippen LogP contribution >= 0.6 is 0 Å². The predicted molar refractivity (Wildman–Crippen MR) is 51.1 cm³/mol. The molecule has 15 heavy (non-hydrogen) atoms. The first-order valence-electron chi connectivity index (χ1n) is 4.83. The van der Waals surface area contributed by atoms with Crippen LogP contribution in [0.5, 0.6) is 0 Å². The Labute approximate surface area is 88.0 Å². The number of carbonyl (C=O) groups is 2. The molecule has 1 rings (SSSR count). The van der Waals surface area contributed by atoms with E-state index < -0.39 is 17.5 Å². The first-order chi connectivity index (χ1) is 7.17. The summed E-state index contributed by atoms with van der Waals surface area (Å²) in [6.07, 6.45) is 2.97. The van der Waals surface area contributed by atoms with Crippen LogP contribution in [0, 0.1) is 0 Å². The number of hydrogen-bond acceptors (Lipinski definition) is 5. The van der Waals surface area contributed by atoms with Gasteiger partial charge in [-0.2, -0.15) is 0 Å². The summed E-state index contributed by atoms with van der Waals surface area (Å²) < 4.78 is 14.7. The minimum atomic E-state index is -1.69. The van der Waals surface area contributed by atoms with Crippen molar-refractivity contribution in [2.24, 2.45) is 0 Å². The summed E-state index contributed by atoms with van der Waals surface area (Å²) >= 11 is 0. The second-order valence-corrected chi connectivity index (χ2v) is 2.89. The van der Waals surface area contributed by atoms with Gasteiger partial charge in [0.25, 0.3) is 5.60 Å². The molecule has 0 amide bonds. The molecule has 84 valence electrons. The van der Waals surface area contributed by atoms with E-state index in [-0.39, 0.29) is 19.8 Å². The standard InChI is InChI=1S/C10H14O5/c1-3-13-8(11)10(6-5-7-15-10)9(12)14-4-2/h5-6H,3-4,7H2,1-2H3. The van der Waals surface area contributed by atoms with E-state index in [1.54, 1.807) is 19.9 Å². The number of carbonyl (C=O) groups excluding carboxylic acids is 2. The molecule has 5 heteroatoms. The summed E-state index contributed by atoms with van der Waals surface area (Å²) in [4.78, 5) is 23.2. The van der Waals surface area contributed by atoms with Crippen LogP contribution in [0.2, 0.25) is 0 Å². The van der Waals surface area contributed by atoms with Crippen LogP contribution in [0.4, 0.5) is 0 Å². The van der Waals surface area contributed by atoms with Crippen molar-refractivity contribution in [2.75, 3.05) is 19.8 Å². The summed E-state index contributed by atoms with van der Waals surface area (Å²) in [5.74, 6) is -1.45. The average Bonchev–Trinajstić information content (AvgIpc) is 2.68. The summed E-state index contributed by atoms with van der Waals surface area (Å²) in [5, 5.41) is 0. The van der Waals surface area contributed by atoms with Crippen LogP contribution in [0.1, 0.15) is 13.8 Å². The van der Waals surface area contributed by atoms with Gasteiger partial charge in [0.05, 0.1) is 19.8 Å². The Morgan fingerprint density at radius 3 is 2.13 bits per heavy atom. The Kier molecular flexibility index (Phi) is 3.85. The molecule has 0 unspecified atom stereocenters. The summed E-state index contributed by atoms with van der Waals surface area (Å²) in [7, 11) is 0. The lowest BCUT2D eigenvalue weighted by atomic mass is 10.1. The quantitative estimate of drug-likeness (QED) is 0.386. The van der Waals surface area contributed by atoms with E-state index in [2.05, 4.69) is 0 Å². The Hall–Kier alpha value is -1.36. The normalized spacial score (nSPS) is 17.5. The highest BCUT2D eigenvalue weighted by molar-refractivity contribution is 6.06. The van der Waals surface area contributed by atoms with Crippen LogP contribution in [-0.4, -0.2) is 37.4 Å². The third-order valence-corrected chi connectivity index (χ3v) is 1.92. The molecule has 1 aliphatic heterocycles. The fourth-order valence-electron chi connectivity index (χ4n) is 1.26. The van der Waals surface area contributed by atoms with E-state index in [0.29, 0.717) is 0 Å². The SMILES string of the molecule is CCOC(=O)C1(C(=O)OCC)C=CCO1. The van der Waals surface area contributed by atoms with E-state index in [0.717, 1.165) is 0 Å². The Balaban J connectivity index is 2.83. The van der Waals surface area contributed by atoms with Crippen molar-refractivity contribution in [3.8, 4) is 0 Å². The summed E-state index contributed by atoms with van der Waals surface area (Å²) in [6.45, 7) is 3.91. The molecule has 0 fully saturated rings. The maximum atomic E-state index is 11.6. The fourth-order valence-corrected chi connectivity index (χ4v) is 1.26. The summed E-state index contributed by atoms with van der Waals surface area (Å²) in [5.41, 5.74) is -1.69. The van der Waals surface area contributed by atoms with E-state index >= 15 is 0 Å². The van der Waals surface area contributed by atoms with Crippen molar-refractivity contribution in [1.82, 2.24) is 0 Å². The highest BCUT2D eigenvalue weighted by Crippen LogP contribution is 2.22. The molecule has 0 N–H and O–H groups in total. The molecule has 0 aromatic carbocycles. The molecular formula is C10H14O5. The van der Waals surface area contributed by atoms with Gasteiger partial charge in [0.2, 0.25) is 0 Å². The van der Waals surface area contributed by atoms with Gasteiger partial charge < -0.3 is 14.2 Å². The zero-order valence-electron chi connectivity index (χ0n) is 8.82. The van der Waals surface area contributed by atoms with E-state index in [1.807, 2.05) is 0 Å². The van der Waals surface area contributed by atoms with Crippen LogP contribution < -0.4 is 0 Å². The molecule has 0 saturated carbocycles. The van der Waals surface area contributed by atoms with Crippen LogP contribution in [0.15, 0.2) is 12.2 Å². The van der Waals surface area contributed by atoms with Gasteiger partial charge in [-0.15, -0.1) is 0 Å². The largest absolute Gasteiger partial charge is 0.463 e. The second-order valence-electron chi connectivity index (χ2n) is 2.89. The van der Waals surface area contributed by atoms with E-state index in [9.17, 15) is 9.59 Å². The molecule has 0 spiro atoms. The Bertz CT molecular complexity index is 264. The summed E-state index contributed by atoms with van der Waals surface area (Å²) in [6, 6.07) is 0. The molecule has 0 bridgehead atoms. The van der Waals surface area contributed by atoms with Gasteiger partial charge in [-0.05, 0) is 19.9 Å². The van der Waals surface area contributed by atoms with E-state index in [1.165, 1.54) is 6.08 Å². The van der Waals surface area contributed by atoms with Crippen LogP contribution in [0.3, 0.4) is 0 Å². The highest BCUT2D eigenvalue weighted by atomic mass is 16.6. The maximum Gasteiger partial charge on any atom is 0.354 e. The molecule has 0 radical (unpaired) electrons. The first-order valence-corrected chi connectivity index (χ1v) is 4.83. The lowest BCUT2D eigenvalue weighted by molar-refractivity contribution is -0.180. The van der Waals surface area contributed by atoms with Gasteiger partial charge in [-0.25, -0.2) is 9.59 Å². The van der Waals surface area contributed by atoms with Crippen LogP contribution in [-0.2, 0) is 23.8 Å². The molecular weight excluding hydrogens is 200 g/mol. The highest BCUT2D eigenvalue weighted by Gasteiger charge is 2.50. The van der Waals surface area contributed by atoms with Gasteiger partial charge in [0.15, 0.2) is 0 Å². The lowest BCUT2D eigenvalue weighted by Gasteiger charge is -2.21. The Morgan fingerprint density at radius 1 is 1.27 bits per heavy atom. The van der Waals surface area contributed by atoms with Crippen molar-refractivity contribution in [2.45, 2.75) is 19.4 Å². The van der Waals surface area contributed by atoms with Crippen molar-refractivity contribution >= 4 is 11.9 Å². The zero-order chi connectivity index (χ0) is 11.3. The number of esters is 2. The van der Waals surface area contributed by atoms with Gasteiger partial charge >= 0.3 is 11.9 Å². The molecule has 5 nitrogen and oxygen atoms in total. The third kappa shape index (κ3) is 2.18. The monoisotopic (exact) mass is 214 g/mol. The Morgan fingerprint density at radius 2 is 1.80 bits per heavy atom.